The van der Waals surface area contributed by atoms with Crippen LogP contribution in [0.3, 0.4) is 0 Å². The third kappa shape index (κ3) is 3.38. The van der Waals surface area contributed by atoms with Crippen LogP contribution in [0, 0.1) is 5.92 Å². The fourth-order valence-electron chi connectivity index (χ4n) is 1.67. The van der Waals surface area contributed by atoms with Crippen LogP contribution < -0.4 is 4.74 Å². The topological polar surface area (TPSA) is 35.5 Å². The number of carbonyl (C=O) groups excluding carboxylic acids is 1. The molecule has 1 aromatic rings. The van der Waals surface area contributed by atoms with Crippen molar-refractivity contribution in [2.24, 2.45) is 5.92 Å². The molecule has 1 aliphatic heterocycles. The van der Waals surface area contributed by atoms with E-state index >= 15 is 0 Å². The van der Waals surface area contributed by atoms with Gasteiger partial charge in [-0.05, 0) is 28.4 Å². The number of halogens is 3. The highest BCUT2D eigenvalue weighted by Crippen LogP contribution is 2.34. The van der Waals surface area contributed by atoms with E-state index in [2.05, 4.69) is 15.9 Å². The van der Waals surface area contributed by atoms with Gasteiger partial charge in [-0.25, -0.2) is 0 Å². The van der Waals surface area contributed by atoms with E-state index in [0.717, 1.165) is 6.42 Å². The van der Waals surface area contributed by atoms with Crippen molar-refractivity contribution >= 4 is 44.9 Å². The summed E-state index contributed by atoms with van der Waals surface area (Å²) in [6.07, 6.45) is 0.761. The fraction of sp³-hybridized carbons (Fsp3) is 0.417. The van der Waals surface area contributed by atoms with Gasteiger partial charge in [0.2, 0.25) is 0 Å². The van der Waals surface area contributed by atoms with Gasteiger partial charge in [-0.2, -0.15) is 0 Å². The molecule has 1 aromatic carbocycles. The molecular formula is C12H11BrCl2O3. The largest absolute Gasteiger partial charge is 0.484 e. The molecule has 0 aromatic heterocycles. The van der Waals surface area contributed by atoms with Gasteiger partial charge in [0.15, 0.2) is 5.78 Å². The zero-order valence-corrected chi connectivity index (χ0v) is 12.5. The Balaban J connectivity index is 1.97. The van der Waals surface area contributed by atoms with Crippen LogP contribution in [-0.2, 0) is 9.53 Å². The SMILES string of the molecule is O=C(COc1cc(Cl)c(Br)cc1Cl)C1CCOC1. The first-order chi connectivity index (χ1) is 8.58. The number of carbonyl (C=O) groups is 1. The Morgan fingerprint density at radius 3 is 2.89 bits per heavy atom. The number of benzene rings is 1. The van der Waals surface area contributed by atoms with E-state index in [9.17, 15) is 4.79 Å². The van der Waals surface area contributed by atoms with E-state index in [1.807, 2.05) is 0 Å². The highest BCUT2D eigenvalue weighted by molar-refractivity contribution is 9.10. The monoisotopic (exact) mass is 352 g/mol. The van der Waals surface area contributed by atoms with Crippen molar-refractivity contribution in [1.29, 1.82) is 0 Å². The molecule has 1 atom stereocenters. The van der Waals surface area contributed by atoms with Crippen molar-refractivity contribution in [2.75, 3.05) is 19.8 Å². The van der Waals surface area contributed by atoms with Crippen molar-refractivity contribution in [2.45, 2.75) is 6.42 Å². The number of ether oxygens (including phenoxy) is 2. The first kappa shape index (κ1) is 14.1. The van der Waals surface area contributed by atoms with Crippen molar-refractivity contribution in [3.05, 3.63) is 26.7 Å². The number of hydrogen-bond acceptors (Lipinski definition) is 3. The van der Waals surface area contributed by atoms with E-state index in [-0.39, 0.29) is 18.3 Å². The maximum atomic E-state index is 11.8. The lowest BCUT2D eigenvalue weighted by Crippen LogP contribution is -2.21. The fourth-order valence-corrected chi connectivity index (χ4v) is 2.52. The molecule has 0 spiro atoms. The molecule has 0 amide bonds. The van der Waals surface area contributed by atoms with Crippen molar-refractivity contribution < 1.29 is 14.3 Å². The van der Waals surface area contributed by atoms with Gasteiger partial charge in [0, 0.05) is 23.1 Å². The molecule has 1 unspecified atom stereocenters. The van der Waals surface area contributed by atoms with Gasteiger partial charge in [0.05, 0.1) is 16.7 Å². The molecule has 6 heteroatoms. The summed E-state index contributed by atoms with van der Waals surface area (Å²) in [5.41, 5.74) is 0. The Morgan fingerprint density at radius 2 is 2.22 bits per heavy atom. The lowest BCUT2D eigenvalue weighted by atomic mass is 10.0. The van der Waals surface area contributed by atoms with E-state index < -0.39 is 0 Å². The van der Waals surface area contributed by atoms with E-state index in [0.29, 0.717) is 33.5 Å². The summed E-state index contributed by atoms with van der Waals surface area (Å²) in [7, 11) is 0. The second-order valence-electron chi connectivity index (χ2n) is 4.01. The summed E-state index contributed by atoms with van der Waals surface area (Å²) in [6.45, 7) is 1.12. The molecule has 0 aliphatic carbocycles. The minimum Gasteiger partial charge on any atom is -0.484 e. The third-order valence-electron chi connectivity index (χ3n) is 2.73. The van der Waals surface area contributed by atoms with Crippen molar-refractivity contribution in [3.8, 4) is 5.75 Å². The first-order valence-electron chi connectivity index (χ1n) is 5.45. The number of hydrogen-bond donors (Lipinski definition) is 0. The van der Waals surface area contributed by atoms with Crippen LogP contribution >= 0.6 is 39.1 Å². The first-order valence-corrected chi connectivity index (χ1v) is 7.00. The van der Waals surface area contributed by atoms with Gasteiger partial charge in [-0.3, -0.25) is 4.79 Å². The zero-order valence-electron chi connectivity index (χ0n) is 9.42. The molecular weight excluding hydrogens is 343 g/mol. The molecule has 0 saturated carbocycles. The van der Waals surface area contributed by atoms with Gasteiger partial charge < -0.3 is 9.47 Å². The molecule has 0 bridgehead atoms. The average Bonchev–Trinajstić information content (AvgIpc) is 2.85. The normalized spacial score (nSPS) is 18.9. The Labute approximate surface area is 123 Å². The predicted molar refractivity (Wildman–Crippen MR) is 73.6 cm³/mol. The highest BCUT2D eigenvalue weighted by Gasteiger charge is 2.24. The summed E-state index contributed by atoms with van der Waals surface area (Å²) in [4.78, 5) is 11.8. The highest BCUT2D eigenvalue weighted by atomic mass is 79.9. The molecule has 98 valence electrons. The van der Waals surface area contributed by atoms with Crippen molar-refractivity contribution in [3.63, 3.8) is 0 Å². The van der Waals surface area contributed by atoms with Gasteiger partial charge in [0.1, 0.15) is 12.4 Å². The predicted octanol–water partition coefficient (Wildman–Crippen LogP) is 3.74. The molecule has 0 radical (unpaired) electrons. The van der Waals surface area contributed by atoms with Gasteiger partial charge >= 0.3 is 0 Å². The smallest absolute Gasteiger partial charge is 0.175 e. The average molecular weight is 354 g/mol. The number of rotatable bonds is 4. The van der Waals surface area contributed by atoms with E-state index in [4.69, 9.17) is 32.7 Å². The lowest BCUT2D eigenvalue weighted by molar-refractivity contribution is -0.124. The van der Waals surface area contributed by atoms with Gasteiger partial charge in [-0.1, -0.05) is 23.2 Å². The summed E-state index contributed by atoms with van der Waals surface area (Å²) in [6, 6.07) is 3.23. The van der Waals surface area contributed by atoms with Crippen LogP contribution in [-0.4, -0.2) is 25.6 Å². The van der Waals surface area contributed by atoms with E-state index in [1.165, 1.54) is 0 Å². The van der Waals surface area contributed by atoms with Crippen LogP contribution in [0.4, 0.5) is 0 Å². The van der Waals surface area contributed by atoms with E-state index in [1.54, 1.807) is 12.1 Å². The summed E-state index contributed by atoms with van der Waals surface area (Å²) in [5.74, 6) is 0.384. The molecule has 3 nitrogen and oxygen atoms in total. The van der Waals surface area contributed by atoms with Gasteiger partial charge in [0.25, 0.3) is 0 Å². The maximum Gasteiger partial charge on any atom is 0.175 e. The summed E-state index contributed by atoms with van der Waals surface area (Å²) < 4.78 is 11.3. The van der Waals surface area contributed by atoms with Crippen LogP contribution in [0.5, 0.6) is 5.75 Å². The Kier molecular flexibility index (Phi) is 4.90. The van der Waals surface area contributed by atoms with Crippen LogP contribution in [0.25, 0.3) is 0 Å². The quantitative estimate of drug-likeness (QED) is 0.773. The second-order valence-corrected chi connectivity index (χ2v) is 5.68. The van der Waals surface area contributed by atoms with Crippen LogP contribution in [0.2, 0.25) is 10.0 Å². The van der Waals surface area contributed by atoms with Crippen LogP contribution in [0.1, 0.15) is 6.42 Å². The summed E-state index contributed by atoms with van der Waals surface area (Å²) >= 11 is 15.2. The zero-order chi connectivity index (χ0) is 13.1. The molecule has 0 N–H and O–H groups in total. The van der Waals surface area contributed by atoms with Crippen LogP contribution in [0.15, 0.2) is 16.6 Å². The lowest BCUT2D eigenvalue weighted by Gasteiger charge is -2.11. The Hall–Kier alpha value is -0.290. The number of Topliss-reactive ketones (excluding diaryl/α,β-unsaturated/α-hetero) is 1. The number of ketones is 1. The third-order valence-corrected chi connectivity index (χ3v) is 4.22. The van der Waals surface area contributed by atoms with Gasteiger partial charge in [-0.15, -0.1) is 0 Å². The molecule has 1 heterocycles. The Morgan fingerprint density at radius 1 is 1.44 bits per heavy atom. The standard InChI is InChI=1S/C12H11BrCl2O3/c13-8-3-10(15)12(4-9(8)14)18-6-11(16)7-1-2-17-5-7/h3-4,7H,1-2,5-6H2. The van der Waals surface area contributed by atoms with Crippen molar-refractivity contribution in [1.82, 2.24) is 0 Å². The molecule has 1 saturated heterocycles. The molecule has 18 heavy (non-hydrogen) atoms. The summed E-state index contributed by atoms with van der Waals surface area (Å²) in [5, 5.41) is 0.910. The molecule has 1 fully saturated rings. The second kappa shape index (κ2) is 6.24. The molecule has 2 rings (SSSR count). The maximum absolute atomic E-state index is 11.8. The minimum absolute atomic E-state index is 0.00823. The Bertz CT molecular complexity index is 459. The minimum atomic E-state index is -0.0605. The molecule has 1 aliphatic rings.